The fourth-order valence-corrected chi connectivity index (χ4v) is 2.94. The Hall–Kier alpha value is -1.84. The van der Waals surface area contributed by atoms with Crippen molar-refractivity contribution in [3.63, 3.8) is 0 Å². The maximum atomic E-state index is 10.2. The normalized spacial score (nSPS) is 12.8. The van der Waals surface area contributed by atoms with Gasteiger partial charge >= 0.3 is 0 Å². The molecule has 1 aromatic carbocycles. The van der Waals surface area contributed by atoms with Crippen LogP contribution in [0.2, 0.25) is 5.02 Å². The molecule has 3 nitrogen and oxygen atoms in total. The molecule has 4 heteroatoms. The van der Waals surface area contributed by atoms with E-state index in [-0.39, 0.29) is 0 Å². The number of fused-ring (bicyclic) bond motifs is 1. The summed E-state index contributed by atoms with van der Waals surface area (Å²) in [5.74, 6) is 0. The monoisotopic (exact) mass is 300 g/mol. The molecule has 0 saturated heterocycles. The first-order valence-electron chi connectivity index (χ1n) is 6.91. The average Bonchev–Trinajstić information content (AvgIpc) is 2.79. The van der Waals surface area contributed by atoms with Crippen molar-refractivity contribution >= 4 is 17.2 Å². The van der Waals surface area contributed by atoms with Crippen molar-refractivity contribution in [2.45, 2.75) is 26.9 Å². The van der Waals surface area contributed by atoms with E-state index in [0.717, 1.165) is 22.5 Å². The second-order valence-electron chi connectivity index (χ2n) is 5.39. The van der Waals surface area contributed by atoms with Gasteiger partial charge in [0.2, 0.25) is 0 Å². The molecular formula is C17H17ClN2O. The third kappa shape index (κ3) is 2.33. The third-order valence-corrected chi connectivity index (χ3v) is 3.97. The Morgan fingerprint density at radius 3 is 2.67 bits per heavy atom. The highest BCUT2D eigenvalue weighted by Gasteiger charge is 2.20. The standard InChI is InChI=1S/C17H17ClN2O/c1-10-6-7-13(11(2)9-10)15-16(12(3)21)20-8-4-5-14(18)17(20)19-15/h4-9,12,21H,1-3H3. The van der Waals surface area contributed by atoms with Gasteiger partial charge in [0.05, 0.1) is 22.5 Å². The van der Waals surface area contributed by atoms with Crippen LogP contribution in [0.15, 0.2) is 36.5 Å². The molecule has 2 aromatic heterocycles. The Morgan fingerprint density at radius 2 is 2.00 bits per heavy atom. The number of halogens is 1. The van der Waals surface area contributed by atoms with Crippen LogP contribution in [0.1, 0.15) is 29.8 Å². The van der Waals surface area contributed by atoms with Crippen LogP contribution in [0, 0.1) is 13.8 Å². The van der Waals surface area contributed by atoms with Crippen LogP contribution in [-0.4, -0.2) is 14.5 Å². The van der Waals surface area contributed by atoms with E-state index in [2.05, 4.69) is 31.0 Å². The van der Waals surface area contributed by atoms with Gasteiger partial charge in [-0.2, -0.15) is 0 Å². The smallest absolute Gasteiger partial charge is 0.156 e. The van der Waals surface area contributed by atoms with Gasteiger partial charge in [0.15, 0.2) is 5.65 Å². The lowest BCUT2D eigenvalue weighted by Gasteiger charge is -2.10. The van der Waals surface area contributed by atoms with Crippen molar-refractivity contribution in [1.29, 1.82) is 0 Å². The van der Waals surface area contributed by atoms with Crippen LogP contribution < -0.4 is 0 Å². The molecule has 1 atom stereocenters. The zero-order chi connectivity index (χ0) is 15.1. The van der Waals surface area contributed by atoms with E-state index in [1.807, 2.05) is 28.8 Å². The predicted molar refractivity (Wildman–Crippen MR) is 85.7 cm³/mol. The lowest BCUT2D eigenvalue weighted by Crippen LogP contribution is -2.00. The Bertz CT molecular complexity index is 821. The van der Waals surface area contributed by atoms with Gasteiger partial charge in [-0.15, -0.1) is 0 Å². The highest BCUT2D eigenvalue weighted by atomic mass is 35.5. The number of imidazole rings is 1. The SMILES string of the molecule is Cc1ccc(-c2nc3c(Cl)cccn3c2C(C)O)c(C)c1. The van der Waals surface area contributed by atoms with Gasteiger partial charge in [-0.1, -0.05) is 35.4 Å². The Morgan fingerprint density at radius 1 is 1.24 bits per heavy atom. The molecule has 0 saturated carbocycles. The molecule has 0 radical (unpaired) electrons. The maximum Gasteiger partial charge on any atom is 0.156 e. The van der Waals surface area contributed by atoms with E-state index >= 15 is 0 Å². The second-order valence-corrected chi connectivity index (χ2v) is 5.80. The molecular weight excluding hydrogens is 284 g/mol. The average molecular weight is 301 g/mol. The first-order valence-corrected chi connectivity index (χ1v) is 7.29. The van der Waals surface area contributed by atoms with Gasteiger partial charge in [0, 0.05) is 11.8 Å². The Kier molecular flexibility index (Phi) is 3.47. The van der Waals surface area contributed by atoms with Gasteiger partial charge in [0.25, 0.3) is 0 Å². The van der Waals surface area contributed by atoms with E-state index in [9.17, 15) is 5.11 Å². The topological polar surface area (TPSA) is 37.5 Å². The summed E-state index contributed by atoms with van der Waals surface area (Å²) in [6.45, 7) is 5.87. The van der Waals surface area contributed by atoms with E-state index in [1.165, 1.54) is 5.56 Å². The van der Waals surface area contributed by atoms with Crippen LogP contribution in [0.25, 0.3) is 16.9 Å². The molecule has 108 valence electrons. The van der Waals surface area contributed by atoms with Gasteiger partial charge in [-0.25, -0.2) is 4.98 Å². The third-order valence-electron chi connectivity index (χ3n) is 3.67. The summed E-state index contributed by atoms with van der Waals surface area (Å²) < 4.78 is 1.86. The van der Waals surface area contributed by atoms with Crippen LogP contribution >= 0.6 is 11.6 Å². The van der Waals surface area contributed by atoms with Gasteiger partial charge in [-0.05, 0) is 38.5 Å². The first kappa shape index (κ1) is 14.1. The molecule has 0 fully saturated rings. The number of aliphatic hydroxyl groups excluding tert-OH is 1. The van der Waals surface area contributed by atoms with E-state index in [1.54, 1.807) is 6.92 Å². The van der Waals surface area contributed by atoms with Crippen molar-refractivity contribution in [2.24, 2.45) is 0 Å². The number of hydrogen-bond acceptors (Lipinski definition) is 2. The first-order chi connectivity index (χ1) is 9.99. The summed E-state index contributed by atoms with van der Waals surface area (Å²) in [4.78, 5) is 4.67. The number of aromatic nitrogens is 2. The molecule has 0 aliphatic heterocycles. The number of aliphatic hydroxyl groups is 1. The van der Waals surface area contributed by atoms with E-state index in [0.29, 0.717) is 10.7 Å². The molecule has 0 amide bonds. The lowest BCUT2D eigenvalue weighted by atomic mass is 10.0. The van der Waals surface area contributed by atoms with Gasteiger partial charge in [-0.3, -0.25) is 4.40 Å². The Labute approximate surface area is 128 Å². The summed E-state index contributed by atoms with van der Waals surface area (Å²) >= 11 is 6.23. The van der Waals surface area contributed by atoms with Crippen molar-refractivity contribution in [1.82, 2.24) is 9.38 Å². The summed E-state index contributed by atoms with van der Waals surface area (Å²) in [6.07, 6.45) is 1.25. The molecule has 1 unspecified atom stereocenters. The highest BCUT2D eigenvalue weighted by Crippen LogP contribution is 2.33. The van der Waals surface area contributed by atoms with Gasteiger partial charge in [0.1, 0.15) is 0 Å². The fraction of sp³-hybridized carbons (Fsp3) is 0.235. The lowest BCUT2D eigenvalue weighted by molar-refractivity contribution is 0.194. The minimum absolute atomic E-state index is 0.579. The van der Waals surface area contributed by atoms with E-state index < -0.39 is 6.10 Å². The molecule has 3 rings (SSSR count). The number of aryl methyl sites for hydroxylation is 2. The minimum Gasteiger partial charge on any atom is -0.387 e. The maximum absolute atomic E-state index is 10.2. The summed E-state index contributed by atoms with van der Waals surface area (Å²) in [6, 6.07) is 9.88. The zero-order valence-electron chi connectivity index (χ0n) is 12.3. The minimum atomic E-state index is -0.630. The van der Waals surface area contributed by atoms with Crippen LogP contribution in [-0.2, 0) is 0 Å². The molecule has 1 N–H and O–H groups in total. The summed E-state index contributed by atoms with van der Waals surface area (Å²) in [5.41, 5.74) is 5.59. The number of hydrogen-bond donors (Lipinski definition) is 1. The molecule has 3 aromatic rings. The van der Waals surface area contributed by atoms with Crippen LogP contribution in [0.4, 0.5) is 0 Å². The largest absolute Gasteiger partial charge is 0.387 e. The summed E-state index contributed by atoms with van der Waals surface area (Å²) in [5, 5.41) is 10.8. The quantitative estimate of drug-likeness (QED) is 0.765. The molecule has 2 heterocycles. The molecule has 0 bridgehead atoms. The summed E-state index contributed by atoms with van der Waals surface area (Å²) in [7, 11) is 0. The number of pyridine rings is 1. The molecule has 21 heavy (non-hydrogen) atoms. The molecule has 0 aliphatic rings. The van der Waals surface area contributed by atoms with Gasteiger partial charge < -0.3 is 5.11 Å². The van der Waals surface area contributed by atoms with Crippen LogP contribution in [0.3, 0.4) is 0 Å². The predicted octanol–water partition coefficient (Wildman–Crippen LogP) is 4.32. The van der Waals surface area contributed by atoms with Crippen molar-refractivity contribution in [2.75, 3.05) is 0 Å². The van der Waals surface area contributed by atoms with Crippen molar-refractivity contribution in [3.8, 4) is 11.3 Å². The van der Waals surface area contributed by atoms with Crippen LogP contribution in [0.5, 0.6) is 0 Å². The Balaban J connectivity index is 2.36. The molecule has 0 aliphatic carbocycles. The number of benzene rings is 1. The zero-order valence-corrected chi connectivity index (χ0v) is 13.0. The fourth-order valence-electron chi connectivity index (χ4n) is 2.73. The number of nitrogens with zero attached hydrogens (tertiary/aromatic N) is 2. The highest BCUT2D eigenvalue weighted by molar-refractivity contribution is 6.33. The second kappa shape index (κ2) is 5.17. The molecule has 0 spiro atoms. The van der Waals surface area contributed by atoms with Crippen molar-refractivity contribution in [3.05, 3.63) is 58.4 Å². The van der Waals surface area contributed by atoms with E-state index in [4.69, 9.17) is 11.6 Å². The number of rotatable bonds is 2. The van der Waals surface area contributed by atoms with Crippen molar-refractivity contribution < 1.29 is 5.11 Å².